The van der Waals surface area contributed by atoms with E-state index in [0.717, 1.165) is 22.7 Å². The molecule has 0 aliphatic carbocycles. The van der Waals surface area contributed by atoms with Crippen LogP contribution in [0.1, 0.15) is 19.4 Å². The molecule has 2 aromatic rings. The van der Waals surface area contributed by atoms with Crippen LogP contribution in [0.3, 0.4) is 0 Å². The Kier molecular flexibility index (Phi) is 7.24. The summed E-state index contributed by atoms with van der Waals surface area (Å²) in [5, 5.41) is 2.73. The second kappa shape index (κ2) is 9.41. The fourth-order valence-electron chi connectivity index (χ4n) is 2.70. The SMILES string of the molecule is CCc1ccc(OCCNC(=O)[C@@H](C)N(c2ccccc2)S(C)(=O)=O)cc1. The lowest BCUT2D eigenvalue weighted by Crippen LogP contribution is -2.48. The Morgan fingerprint density at radius 1 is 1.11 bits per heavy atom. The number of nitrogens with zero attached hydrogens (tertiary/aromatic N) is 1. The van der Waals surface area contributed by atoms with Crippen LogP contribution in [-0.4, -0.2) is 39.8 Å². The molecule has 1 amide bonds. The highest BCUT2D eigenvalue weighted by atomic mass is 32.2. The first-order valence-electron chi connectivity index (χ1n) is 8.87. The fraction of sp³-hybridized carbons (Fsp3) is 0.350. The molecule has 6 nitrogen and oxygen atoms in total. The third-order valence-electron chi connectivity index (χ3n) is 4.10. The Morgan fingerprint density at radius 2 is 1.74 bits per heavy atom. The monoisotopic (exact) mass is 390 g/mol. The van der Waals surface area contributed by atoms with Gasteiger partial charge in [-0.15, -0.1) is 0 Å². The quantitative estimate of drug-likeness (QED) is 0.668. The molecule has 0 radical (unpaired) electrons. The van der Waals surface area contributed by atoms with Gasteiger partial charge in [-0.2, -0.15) is 0 Å². The van der Waals surface area contributed by atoms with E-state index < -0.39 is 16.1 Å². The zero-order valence-corrected chi connectivity index (χ0v) is 16.7. The van der Waals surface area contributed by atoms with E-state index in [1.54, 1.807) is 37.3 Å². The van der Waals surface area contributed by atoms with Crippen LogP contribution in [0.2, 0.25) is 0 Å². The molecule has 1 atom stereocenters. The molecule has 0 aliphatic heterocycles. The Balaban J connectivity index is 1.91. The third kappa shape index (κ3) is 5.99. The smallest absolute Gasteiger partial charge is 0.243 e. The van der Waals surface area contributed by atoms with Crippen molar-refractivity contribution in [2.75, 3.05) is 23.7 Å². The summed E-state index contributed by atoms with van der Waals surface area (Å²) in [5.41, 5.74) is 1.68. The predicted octanol–water partition coefficient (Wildman–Crippen LogP) is 2.60. The number of ether oxygens (including phenoxy) is 1. The molecule has 2 rings (SSSR count). The number of amides is 1. The van der Waals surface area contributed by atoms with Gasteiger partial charge < -0.3 is 10.1 Å². The van der Waals surface area contributed by atoms with Crippen molar-refractivity contribution in [1.29, 1.82) is 0 Å². The predicted molar refractivity (Wildman–Crippen MR) is 108 cm³/mol. The summed E-state index contributed by atoms with van der Waals surface area (Å²) in [4.78, 5) is 12.4. The van der Waals surface area contributed by atoms with Crippen LogP contribution in [-0.2, 0) is 21.2 Å². The van der Waals surface area contributed by atoms with Crippen LogP contribution in [0.15, 0.2) is 54.6 Å². The van der Waals surface area contributed by atoms with Crippen LogP contribution < -0.4 is 14.4 Å². The zero-order valence-electron chi connectivity index (χ0n) is 15.9. The molecule has 2 aromatic carbocycles. The van der Waals surface area contributed by atoms with Gasteiger partial charge in [-0.25, -0.2) is 8.42 Å². The number of para-hydroxylation sites is 1. The van der Waals surface area contributed by atoms with Crippen molar-refractivity contribution in [3.63, 3.8) is 0 Å². The van der Waals surface area contributed by atoms with Crippen LogP contribution in [0.25, 0.3) is 0 Å². The molecule has 0 bridgehead atoms. The molecule has 0 saturated heterocycles. The van der Waals surface area contributed by atoms with Crippen molar-refractivity contribution >= 4 is 21.6 Å². The largest absolute Gasteiger partial charge is 0.492 e. The topological polar surface area (TPSA) is 75.7 Å². The van der Waals surface area contributed by atoms with E-state index in [9.17, 15) is 13.2 Å². The minimum atomic E-state index is -3.60. The van der Waals surface area contributed by atoms with Crippen LogP contribution in [0.4, 0.5) is 5.69 Å². The first-order chi connectivity index (χ1) is 12.8. The van der Waals surface area contributed by atoms with E-state index in [1.165, 1.54) is 5.56 Å². The first kappa shape index (κ1) is 20.8. The van der Waals surface area contributed by atoms with Gasteiger partial charge in [0.05, 0.1) is 18.5 Å². The number of nitrogens with one attached hydrogen (secondary N) is 1. The number of carbonyl (C=O) groups excluding carboxylic acids is 1. The maximum atomic E-state index is 12.4. The molecule has 146 valence electrons. The molecule has 0 saturated carbocycles. The van der Waals surface area contributed by atoms with Crippen molar-refractivity contribution in [3.8, 4) is 5.75 Å². The Bertz CT molecular complexity index is 836. The summed E-state index contributed by atoms with van der Waals surface area (Å²) in [5.74, 6) is 0.353. The molecule has 0 unspecified atom stereocenters. The van der Waals surface area contributed by atoms with Crippen LogP contribution in [0.5, 0.6) is 5.75 Å². The molecular formula is C20H26N2O4S. The highest BCUT2D eigenvalue weighted by Crippen LogP contribution is 2.20. The summed E-state index contributed by atoms with van der Waals surface area (Å²) in [6, 6.07) is 15.5. The lowest BCUT2D eigenvalue weighted by molar-refractivity contribution is -0.121. The number of benzene rings is 2. The van der Waals surface area contributed by atoms with E-state index in [4.69, 9.17) is 4.74 Å². The number of hydrogen-bond acceptors (Lipinski definition) is 4. The van der Waals surface area contributed by atoms with E-state index >= 15 is 0 Å². The standard InChI is InChI=1S/C20H26N2O4S/c1-4-17-10-12-19(13-11-17)26-15-14-21-20(23)16(2)22(27(3,24)25)18-8-6-5-7-9-18/h5-13,16H,4,14-15H2,1-3H3,(H,21,23)/t16-/m1/s1. The first-order valence-corrected chi connectivity index (χ1v) is 10.7. The summed E-state index contributed by atoms with van der Waals surface area (Å²) < 4.78 is 31.1. The summed E-state index contributed by atoms with van der Waals surface area (Å²) in [7, 11) is -3.60. The van der Waals surface area contributed by atoms with Gasteiger partial charge in [0.1, 0.15) is 18.4 Å². The Labute approximate surface area is 161 Å². The van der Waals surface area contributed by atoms with Crippen molar-refractivity contribution in [2.45, 2.75) is 26.3 Å². The van der Waals surface area contributed by atoms with Crippen molar-refractivity contribution in [1.82, 2.24) is 5.32 Å². The minimum absolute atomic E-state index is 0.283. The van der Waals surface area contributed by atoms with E-state index in [2.05, 4.69) is 12.2 Å². The second-order valence-electron chi connectivity index (χ2n) is 6.21. The third-order valence-corrected chi connectivity index (χ3v) is 5.34. The van der Waals surface area contributed by atoms with Gasteiger partial charge in [0.25, 0.3) is 0 Å². The maximum absolute atomic E-state index is 12.4. The van der Waals surface area contributed by atoms with Gasteiger partial charge in [0.15, 0.2) is 0 Å². The zero-order chi connectivity index (χ0) is 19.9. The van der Waals surface area contributed by atoms with Gasteiger partial charge >= 0.3 is 0 Å². The average Bonchev–Trinajstić information content (AvgIpc) is 2.65. The van der Waals surface area contributed by atoms with Gasteiger partial charge in [-0.05, 0) is 43.2 Å². The summed E-state index contributed by atoms with van der Waals surface area (Å²) in [6.07, 6.45) is 2.05. The maximum Gasteiger partial charge on any atom is 0.243 e. The highest BCUT2D eigenvalue weighted by molar-refractivity contribution is 7.92. The van der Waals surface area contributed by atoms with E-state index in [1.807, 2.05) is 24.3 Å². The highest BCUT2D eigenvalue weighted by Gasteiger charge is 2.28. The molecule has 0 fully saturated rings. The molecule has 0 heterocycles. The molecule has 27 heavy (non-hydrogen) atoms. The van der Waals surface area contributed by atoms with Crippen LogP contribution in [0, 0.1) is 0 Å². The number of aryl methyl sites for hydroxylation is 1. The summed E-state index contributed by atoms with van der Waals surface area (Å²) >= 11 is 0. The normalized spacial score (nSPS) is 12.3. The number of carbonyl (C=O) groups is 1. The molecule has 0 spiro atoms. The van der Waals surface area contributed by atoms with Gasteiger partial charge in [-0.1, -0.05) is 37.3 Å². The van der Waals surface area contributed by atoms with E-state index in [-0.39, 0.29) is 12.5 Å². The Hall–Kier alpha value is -2.54. The Morgan fingerprint density at radius 3 is 2.30 bits per heavy atom. The van der Waals surface area contributed by atoms with Gasteiger partial charge in [0, 0.05) is 0 Å². The lowest BCUT2D eigenvalue weighted by Gasteiger charge is -2.28. The molecule has 1 N–H and O–H groups in total. The van der Waals surface area contributed by atoms with Gasteiger partial charge in [0.2, 0.25) is 15.9 Å². The minimum Gasteiger partial charge on any atom is -0.492 e. The summed E-state index contributed by atoms with van der Waals surface area (Å²) in [6.45, 7) is 4.23. The number of anilines is 1. The molecule has 0 aromatic heterocycles. The van der Waals surface area contributed by atoms with Gasteiger partial charge in [-0.3, -0.25) is 9.10 Å². The second-order valence-corrected chi connectivity index (χ2v) is 8.07. The lowest BCUT2D eigenvalue weighted by atomic mass is 10.2. The van der Waals surface area contributed by atoms with Crippen molar-refractivity contribution < 1.29 is 17.9 Å². The van der Waals surface area contributed by atoms with Crippen LogP contribution >= 0.6 is 0 Å². The molecule has 0 aliphatic rings. The molecule has 7 heteroatoms. The fourth-order valence-corrected chi connectivity index (χ4v) is 3.87. The number of hydrogen-bond donors (Lipinski definition) is 1. The van der Waals surface area contributed by atoms with E-state index in [0.29, 0.717) is 12.3 Å². The average molecular weight is 391 g/mol. The van der Waals surface area contributed by atoms with Crippen molar-refractivity contribution in [3.05, 3.63) is 60.2 Å². The molecular weight excluding hydrogens is 364 g/mol. The number of rotatable bonds is 9. The number of sulfonamides is 1. The van der Waals surface area contributed by atoms with Crippen molar-refractivity contribution in [2.24, 2.45) is 0 Å².